The van der Waals surface area contributed by atoms with Crippen LogP contribution < -0.4 is 0 Å². The lowest BCUT2D eigenvalue weighted by Crippen LogP contribution is -2.38. The van der Waals surface area contributed by atoms with E-state index in [0.29, 0.717) is 35.3 Å². The summed E-state index contributed by atoms with van der Waals surface area (Å²) < 4.78 is 32.8. The van der Waals surface area contributed by atoms with Gasteiger partial charge in [-0.1, -0.05) is 25.1 Å². The minimum atomic E-state index is -3.50. The van der Waals surface area contributed by atoms with E-state index in [4.69, 9.17) is 4.52 Å². The van der Waals surface area contributed by atoms with Crippen LogP contribution in [-0.2, 0) is 10.0 Å². The predicted octanol–water partition coefficient (Wildman–Crippen LogP) is 2.91. The van der Waals surface area contributed by atoms with Gasteiger partial charge in [-0.15, -0.1) is 0 Å². The van der Waals surface area contributed by atoms with E-state index in [1.807, 2.05) is 26.8 Å². The molecular weight excluding hydrogens is 346 g/mol. The number of hydrogen-bond donors (Lipinski definition) is 0. The average molecular weight is 367 g/mol. The molecule has 6 nitrogen and oxygen atoms in total. The highest BCUT2D eigenvalue weighted by Crippen LogP contribution is 2.28. The number of aryl methyl sites for hydroxylation is 1. The van der Waals surface area contributed by atoms with E-state index in [2.05, 4.69) is 10.1 Å². The standard InChI is InChI=1S/C16H21N3O3S2/c1-11(2)15-17-16(22-18-15)13-5-4-12(3)14(10-13)24(20,21)19-6-8-23-9-7-19/h4-5,10-11H,6-9H2,1-3H3. The van der Waals surface area contributed by atoms with Gasteiger partial charge in [0.15, 0.2) is 5.82 Å². The molecule has 8 heteroatoms. The normalized spacial score (nSPS) is 16.7. The first-order chi connectivity index (χ1) is 11.4. The van der Waals surface area contributed by atoms with Gasteiger partial charge in [0.2, 0.25) is 10.0 Å². The van der Waals surface area contributed by atoms with Crippen LogP contribution in [0.3, 0.4) is 0 Å². The highest BCUT2D eigenvalue weighted by molar-refractivity contribution is 7.99. The molecule has 0 bridgehead atoms. The van der Waals surface area contributed by atoms with Gasteiger partial charge in [-0.05, 0) is 24.6 Å². The fourth-order valence-corrected chi connectivity index (χ4v) is 5.35. The molecule has 0 spiro atoms. The maximum absolute atomic E-state index is 13.0. The molecule has 0 saturated carbocycles. The zero-order chi connectivity index (χ0) is 17.3. The van der Waals surface area contributed by atoms with E-state index in [9.17, 15) is 8.42 Å². The molecule has 130 valence electrons. The molecule has 2 heterocycles. The molecular formula is C16H21N3O3S2. The van der Waals surface area contributed by atoms with Gasteiger partial charge in [0.05, 0.1) is 4.90 Å². The molecule has 1 aliphatic rings. The van der Waals surface area contributed by atoms with Crippen LogP contribution in [0.4, 0.5) is 0 Å². The predicted molar refractivity (Wildman–Crippen MR) is 94.6 cm³/mol. The lowest BCUT2D eigenvalue weighted by molar-refractivity contribution is 0.419. The fourth-order valence-electron chi connectivity index (χ4n) is 2.52. The van der Waals surface area contributed by atoms with Gasteiger partial charge in [0.1, 0.15) is 0 Å². The van der Waals surface area contributed by atoms with E-state index >= 15 is 0 Å². The minimum absolute atomic E-state index is 0.155. The quantitative estimate of drug-likeness (QED) is 0.827. The van der Waals surface area contributed by atoms with E-state index in [1.165, 1.54) is 0 Å². The van der Waals surface area contributed by atoms with Gasteiger partial charge < -0.3 is 4.52 Å². The van der Waals surface area contributed by atoms with Gasteiger partial charge in [-0.3, -0.25) is 0 Å². The lowest BCUT2D eigenvalue weighted by Gasteiger charge is -2.26. The average Bonchev–Trinajstić information content (AvgIpc) is 3.06. The maximum atomic E-state index is 13.0. The van der Waals surface area contributed by atoms with Crippen molar-refractivity contribution in [2.24, 2.45) is 0 Å². The molecule has 0 aliphatic carbocycles. The van der Waals surface area contributed by atoms with Crippen molar-refractivity contribution >= 4 is 21.8 Å². The number of benzene rings is 1. The van der Waals surface area contributed by atoms with Crippen LogP contribution in [0.25, 0.3) is 11.5 Å². The fraction of sp³-hybridized carbons (Fsp3) is 0.500. The van der Waals surface area contributed by atoms with Crippen LogP contribution >= 0.6 is 11.8 Å². The van der Waals surface area contributed by atoms with Crippen LogP contribution in [-0.4, -0.2) is 47.5 Å². The lowest BCUT2D eigenvalue weighted by atomic mass is 10.1. The van der Waals surface area contributed by atoms with Gasteiger partial charge in [-0.25, -0.2) is 8.42 Å². The van der Waals surface area contributed by atoms with Crippen LogP contribution in [0, 0.1) is 6.92 Å². The monoisotopic (exact) mass is 367 g/mol. The van der Waals surface area contributed by atoms with Crippen molar-refractivity contribution in [3.05, 3.63) is 29.6 Å². The van der Waals surface area contributed by atoms with Crippen molar-refractivity contribution in [1.29, 1.82) is 0 Å². The highest BCUT2D eigenvalue weighted by Gasteiger charge is 2.28. The van der Waals surface area contributed by atoms with Crippen molar-refractivity contribution in [3.8, 4) is 11.5 Å². The second kappa shape index (κ2) is 6.85. The highest BCUT2D eigenvalue weighted by atomic mass is 32.2. The van der Waals surface area contributed by atoms with Crippen molar-refractivity contribution in [2.75, 3.05) is 24.6 Å². The van der Waals surface area contributed by atoms with Gasteiger partial charge >= 0.3 is 0 Å². The molecule has 1 aromatic carbocycles. The van der Waals surface area contributed by atoms with Crippen LogP contribution in [0.15, 0.2) is 27.6 Å². The Morgan fingerprint density at radius 1 is 1.25 bits per heavy atom. The molecule has 0 radical (unpaired) electrons. The summed E-state index contributed by atoms with van der Waals surface area (Å²) in [5.41, 5.74) is 1.35. The largest absolute Gasteiger partial charge is 0.334 e. The Morgan fingerprint density at radius 3 is 2.58 bits per heavy atom. The smallest absolute Gasteiger partial charge is 0.257 e. The molecule has 0 N–H and O–H groups in total. The summed E-state index contributed by atoms with van der Waals surface area (Å²) in [5.74, 6) is 2.79. The third kappa shape index (κ3) is 3.36. The van der Waals surface area contributed by atoms with Gasteiger partial charge in [0, 0.05) is 36.1 Å². The minimum Gasteiger partial charge on any atom is -0.334 e. The first kappa shape index (κ1) is 17.4. The van der Waals surface area contributed by atoms with Crippen molar-refractivity contribution in [3.63, 3.8) is 0 Å². The van der Waals surface area contributed by atoms with Crippen LogP contribution in [0.1, 0.15) is 31.2 Å². The first-order valence-corrected chi connectivity index (χ1v) is 10.5. The molecule has 1 saturated heterocycles. The molecule has 0 atom stereocenters. The summed E-state index contributed by atoms with van der Waals surface area (Å²) in [4.78, 5) is 4.67. The van der Waals surface area contributed by atoms with Crippen LogP contribution in [0.2, 0.25) is 0 Å². The Kier molecular flexibility index (Phi) is 4.98. The Balaban J connectivity index is 1.99. The zero-order valence-corrected chi connectivity index (χ0v) is 15.7. The number of thioether (sulfide) groups is 1. The Bertz CT molecular complexity index is 825. The van der Waals surface area contributed by atoms with Crippen molar-refractivity contribution < 1.29 is 12.9 Å². The Hall–Kier alpha value is -1.38. The second-order valence-corrected chi connectivity index (χ2v) is 9.24. The number of aromatic nitrogens is 2. The number of sulfonamides is 1. The van der Waals surface area contributed by atoms with E-state index in [1.54, 1.807) is 28.2 Å². The van der Waals surface area contributed by atoms with E-state index in [0.717, 1.165) is 17.1 Å². The van der Waals surface area contributed by atoms with Crippen LogP contribution in [0.5, 0.6) is 0 Å². The summed E-state index contributed by atoms with van der Waals surface area (Å²) in [7, 11) is -3.50. The summed E-state index contributed by atoms with van der Waals surface area (Å²) >= 11 is 1.78. The van der Waals surface area contributed by atoms with Gasteiger partial charge in [0.25, 0.3) is 5.89 Å². The second-order valence-electron chi connectivity index (χ2n) is 6.11. The molecule has 2 aromatic rings. The molecule has 3 rings (SSSR count). The molecule has 1 aliphatic heterocycles. The molecule has 0 amide bonds. The molecule has 1 aromatic heterocycles. The number of hydrogen-bond acceptors (Lipinski definition) is 6. The topological polar surface area (TPSA) is 76.3 Å². The first-order valence-electron chi connectivity index (χ1n) is 7.92. The molecule has 24 heavy (non-hydrogen) atoms. The third-order valence-electron chi connectivity index (χ3n) is 3.98. The Morgan fingerprint density at radius 2 is 1.96 bits per heavy atom. The summed E-state index contributed by atoms with van der Waals surface area (Å²) in [5, 5.41) is 3.95. The van der Waals surface area contributed by atoms with E-state index < -0.39 is 10.0 Å². The summed E-state index contributed by atoms with van der Waals surface area (Å²) in [6.07, 6.45) is 0. The number of nitrogens with zero attached hydrogens (tertiary/aromatic N) is 3. The SMILES string of the molecule is Cc1ccc(-c2nc(C(C)C)no2)cc1S(=O)(=O)N1CCSCC1. The zero-order valence-electron chi connectivity index (χ0n) is 14.0. The molecule has 0 unspecified atom stereocenters. The third-order valence-corrected chi connectivity index (χ3v) is 6.96. The number of rotatable bonds is 4. The van der Waals surface area contributed by atoms with Crippen molar-refractivity contribution in [2.45, 2.75) is 31.6 Å². The van der Waals surface area contributed by atoms with Gasteiger partial charge in [-0.2, -0.15) is 21.1 Å². The maximum Gasteiger partial charge on any atom is 0.257 e. The van der Waals surface area contributed by atoms with E-state index in [-0.39, 0.29) is 5.92 Å². The Labute approximate surface area is 146 Å². The summed E-state index contributed by atoms with van der Waals surface area (Å²) in [6, 6.07) is 5.25. The molecule has 1 fully saturated rings. The summed E-state index contributed by atoms with van der Waals surface area (Å²) in [6.45, 7) is 6.87. The van der Waals surface area contributed by atoms with Crippen molar-refractivity contribution in [1.82, 2.24) is 14.4 Å².